The molecular weight excluding hydrogens is 394 g/mol. The van der Waals surface area contributed by atoms with Gasteiger partial charge in [0.2, 0.25) is 0 Å². The van der Waals surface area contributed by atoms with Crippen molar-refractivity contribution in [3.05, 3.63) is 58.5 Å². The van der Waals surface area contributed by atoms with Gasteiger partial charge < -0.3 is 15.4 Å². The van der Waals surface area contributed by atoms with E-state index in [1.54, 1.807) is 0 Å². The summed E-state index contributed by atoms with van der Waals surface area (Å²) in [5.74, 6) is 0.408. The number of rotatable bonds is 4. The van der Waals surface area contributed by atoms with Crippen LogP contribution in [0, 0.1) is 11.3 Å². The van der Waals surface area contributed by atoms with Crippen molar-refractivity contribution in [3.8, 4) is 11.8 Å². The third-order valence-electron chi connectivity index (χ3n) is 5.45. The zero-order valence-corrected chi connectivity index (χ0v) is 18.5. The van der Waals surface area contributed by atoms with Crippen LogP contribution in [0.3, 0.4) is 0 Å². The minimum absolute atomic E-state index is 0.00191. The van der Waals surface area contributed by atoms with Crippen LogP contribution in [0.4, 0.5) is 5.00 Å². The van der Waals surface area contributed by atoms with Crippen molar-refractivity contribution in [2.45, 2.75) is 45.2 Å². The Morgan fingerprint density at radius 2 is 1.93 bits per heavy atom. The summed E-state index contributed by atoms with van der Waals surface area (Å²) < 4.78 is 5.81. The van der Waals surface area contributed by atoms with Crippen molar-refractivity contribution in [1.29, 1.82) is 5.26 Å². The van der Waals surface area contributed by atoms with Crippen molar-refractivity contribution in [2.75, 3.05) is 11.9 Å². The lowest BCUT2D eigenvalue weighted by Gasteiger charge is -2.38. The van der Waals surface area contributed by atoms with E-state index in [0.717, 1.165) is 27.6 Å². The Kier molecular flexibility index (Phi) is 5.05. The smallest absolute Gasteiger partial charge is 0.262 e. The third-order valence-corrected chi connectivity index (χ3v) is 6.94. The lowest BCUT2D eigenvalue weighted by Crippen LogP contribution is -3.03. The van der Waals surface area contributed by atoms with Crippen molar-refractivity contribution in [3.63, 3.8) is 0 Å². The molecule has 3 aromatic rings. The summed E-state index contributed by atoms with van der Waals surface area (Å²) in [6.07, 6.45) is 0.799. The second-order valence-electron chi connectivity index (χ2n) is 9.07. The number of nitrogens with zero attached hydrogens (tertiary/aromatic N) is 1. The third kappa shape index (κ3) is 3.79. The van der Waals surface area contributed by atoms with E-state index in [4.69, 9.17) is 4.74 Å². The van der Waals surface area contributed by atoms with Crippen LogP contribution in [0.15, 0.2) is 42.5 Å². The number of thiophene rings is 1. The predicted molar refractivity (Wildman–Crippen MR) is 120 cm³/mol. The standard InChI is InChI=1S/C24H25N3O2S/c1-23(2)12-17-18(13-25)22(30-21(17)24(3,4)27-23)26-20(28)14-29-19-11-7-9-15-8-5-6-10-16(15)19/h5-11,27H,12,14H2,1-4H3,(H,26,28)/p+1. The molecule has 2 aromatic carbocycles. The monoisotopic (exact) mass is 420 g/mol. The van der Waals surface area contributed by atoms with Crippen molar-refractivity contribution in [1.82, 2.24) is 0 Å². The number of nitriles is 1. The molecule has 0 saturated heterocycles. The summed E-state index contributed by atoms with van der Waals surface area (Å²) in [7, 11) is 0. The van der Waals surface area contributed by atoms with E-state index in [1.807, 2.05) is 42.5 Å². The molecule has 0 fully saturated rings. The summed E-state index contributed by atoms with van der Waals surface area (Å²) in [6, 6.07) is 16.0. The van der Waals surface area contributed by atoms with E-state index in [1.165, 1.54) is 11.3 Å². The molecule has 1 amide bonds. The van der Waals surface area contributed by atoms with Crippen molar-refractivity contribution < 1.29 is 14.8 Å². The Labute approximate surface area is 180 Å². The molecule has 1 aliphatic rings. The minimum Gasteiger partial charge on any atom is -0.483 e. The van der Waals surface area contributed by atoms with Crippen LogP contribution in [0.5, 0.6) is 5.75 Å². The number of hydrogen-bond donors (Lipinski definition) is 2. The first-order valence-electron chi connectivity index (χ1n) is 10.0. The van der Waals surface area contributed by atoms with Gasteiger partial charge in [0, 0.05) is 11.8 Å². The number of fused-ring (bicyclic) bond motifs is 2. The highest BCUT2D eigenvalue weighted by atomic mass is 32.1. The molecule has 154 valence electrons. The van der Waals surface area contributed by atoms with Crippen LogP contribution >= 0.6 is 11.3 Å². The molecule has 3 N–H and O–H groups in total. The van der Waals surface area contributed by atoms with Crippen molar-refractivity contribution >= 4 is 33.0 Å². The van der Waals surface area contributed by atoms with Gasteiger partial charge in [0.15, 0.2) is 6.61 Å². The van der Waals surface area contributed by atoms with Gasteiger partial charge in [-0.15, -0.1) is 11.3 Å². The Bertz CT molecular complexity index is 1170. The summed E-state index contributed by atoms with van der Waals surface area (Å²) in [4.78, 5) is 13.8. The number of benzene rings is 2. The number of ether oxygens (including phenoxy) is 1. The zero-order chi connectivity index (χ0) is 21.5. The number of quaternary nitrogens is 1. The molecule has 6 heteroatoms. The number of anilines is 1. The van der Waals surface area contributed by atoms with Crippen LogP contribution < -0.4 is 15.4 Å². The number of carbonyl (C=O) groups excluding carboxylic acids is 1. The van der Waals surface area contributed by atoms with E-state index in [2.05, 4.69) is 44.4 Å². The molecule has 0 unspecified atom stereocenters. The predicted octanol–water partition coefficient (Wildman–Crippen LogP) is 3.92. The lowest BCUT2D eigenvalue weighted by atomic mass is 9.81. The first-order chi connectivity index (χ1) is 14.2. The van der Waals surface area contributed by atoms with Gasteiger partial charge in [0.1, 0.15) is 22.4 Å². The van der Waals surface area contributed by atoms with E-state index < -0.39 is 0 Å². The summed E-state index contributed by atoms with van der Waals surface area (Å²) in [6.45, 7) is 8.60. The normalized spacial score (nSPS) is 16.5. The highest BCUT2D eigenvalue weighted by Gasteiger charge is 2.44. The van der Waals surface area contributed by atoms with Crippen LogP contribution in [0.2, 0.25) is 0 Å². The number of nitrogens with two attached hydrogens (primary N) is 1. The van der Waals surface area contributed by atoms with Crippen molar-refractivity contribution in [2.24, 2.45) is 0 Å². The van der Waals surface area contributed by atoms with E-state index >= 15 is 0 Å². The van der Waals surface area contributed by atoms with Gasteiger partial charge in [-0.05, 0) is 44.7 Å². The van der Waals surface area contributed by atoms with E-state index in [-0.39, 0.29) is 23.6 Å². The van der Waals surface area contributed by atoms with Crippen LogP contribution in [-0.2, 0) is 16.8 Å². The molecule has 30 heavy (non-hydrogen) atoms. The van der Waals surface area contributed by atoms with Gasteiger partial charge in [-0.3, -0.25) is 4.79 Å². The minimum atomic E-state index is -0.265. The topological polar surface area (TPSA) is 78.7 Å². The molecule has 0 bridgehead atoms. The molecule has 0 radical (unpaired) electrons. The molecule has 1 aliphatic heterocycles. The second-order valence-corrected chi connectivity index (χ2v) is 10.1. The maximum Gasteiger partial charge on any atom is 0.262 e. The van der Waals surface area contributed by atoms with Crippen LogP contribution in [0.1, 0.15) is 43.7 Å². The van der Waals surface area contributed by atoms with Crippen LogP contribution in [-0.4, -0.2) is 18.1 Å². The van der Waals surface area contributed by atoms with E-state index in [0.29, 0.717) is 16.3 Å². The Morgan fingerprint density at radius 3 is 2.70 bits per heavy atom. The first-order valence-corrected chi connectivity index (χ1v) is 10.9. The highest BCUT2D eigenvalue weighted by Crippen LogP contribution is 2.41. The number of hydrogen-bond acceptors (Lipinski definition) is 4. The molecule has 1 aromatic heterocycles. The molecule has 0 spiro atoms. The average molecular weight is 421 g/mol. The fraction of sp³-hybridized carbons (Fsp3) is 0.333. The lowest BCUT2D eigenvalue weighted by molar-refractivity contribution is -0.789. The maximum absolute atomic E-state index is 12.6. The number of carbonyl (C=O) groups is 1. The quantitative estimate of drug-likeness (QED) is 0.671. The van der Waals surface area contributed by atoms with Gasteiger partial charge >= 0.3 is 0 Å². The molecule has 0 saturated carbocycles. The number of amides is 1. The second kappa shape index (κ2) is 7.42. The zero-order valence-electron chi connectivity index (χ0n) is 17.7. The summed E-state index contributed by atoms with van der Waals surface area (Å²) in [5.41, 5.74) is 1.51. The molecule has 0 atom stereocenters. The first kappa shape index (κ1) is 20.4. The maximum atomic E-state index is 12.6. The fourth-order valence-corrected chi connectivity index (χ4v) is 5.80. The van der Waals surface area contributed by atoms with Gasteiger partial charge in [0.05, 0.1) is 16.0 Å². The molecule has 4 rings (SSSR count). The molecule has 5 nitrogen and oxygen atoms in total. The Balaban J connectivity index is 1.54. The summed E-state index contributed by atoms with van der Waals surface area (Å²) >= 11 is 1.51. The average Bonchev–Trinajstić information content (AvgIpc) is 3.02. The number of nitrogens with one attached hydrogen (secondary N) is 1. The molecule has 2 heterocycles. The van der Waals surface area contributed by atoms with E-state index in [9.17, 15) is 10.1 Å². The fourth-order valence-electron chi connectivity index (χ4n) is 4.54. The van der Waals surface area contributed by atoms with Gasteiger partial charge in [0.25, 0.3) is 5.91 Å². The van der Waals surface area contributed by atoms with Gasteiger partial charge in [-0.1, -0.05) is 36.4 Å². The molecule has 0 aliphatic carbocycles. The Hall–Kier alpha value is -2.88. The summed E-state index contributed by atoms with van der Waals surface area (Å²) in [5, 5.41) is 17.7. The largest absolute Gasteiger partial charge is 0.483 e. The Morgan fingerprint density at radius 1 is 1.20 bits per heavy atom. The van der Waals surface area contributed by atoms with Gasteiger partial charge in [-0.25, -0.2) is 0 Å². The molecular formula is C24H26N3O2S+. The van der Waals surface area contributed by atoms with Crippen LogP contribution in [0.25, 0.3) is 10.8 Å². The highest BCUT2D eigenvalue weighted by molar-refractivity contribution is 7.16. The SMILES string of the molecule is CC1(C)Cc2c(sc(NC(=O)COc3cccc4ccccc34)c2C#N)C(C)(C)[NH2+]1. The van der Waals surface area contributed by atoms with Gasteiger partial charge in [-0.2, -0.15) is 5.26 Å².